The van der Waals surface area contributed by atoms with Gasteiger partial charge in [0, 0.05) is 43.6 Å². The van der Waals surface area contributed by atoms with Gasteiger partial charge in [-0.25, -0.2) is 19.7 Å². The number of aromatic nitrogens is 3. The van der Waals surface area contributed by atoms with E-state index in [1.54, 1.807) is 29.3 Å². The zero-order valence-corrected chi connectivity index (χ0v) is 29.9. The summed E-state index contributed by atoms with van der Waals surface area (Å²) in [5.74, 6) is -0.202. The molecule has 1 aliphatic heterocycles. The second-order valence-electron chi connectivity index (χ2n) is 14.2. The van der Waals surface area contributed by atoms with Crippen LogP contribution in [0, 0.1) is 11.3 Å². The molecule has 2 N–H and O–H groups in total. The van der Waals surface area contributed by atoms with Crippen molar-refractivity contribution >= 4 is 49.2 Å². The summed E-state index contributed by atoms with van der Waals surface area (Å²) in [4.78, 5) is 40.7. The smallest absolute Gasteiger partial charge is 0.414 e. The molecule has 11 nitrogen and oxygen atoms in total. The fourth-order valence-corrected chi connectivity index (χ4v) is 6.09. The van der Waals surface area contributed by atoms with E-state index < -0.39 is 31.3 Å². The molecule has 2 amide bonds. The van der Waals surface area contributed by atoms with Crippen LogP contribution in [0.4, 0.5) is 22.1 Å². The average Bonchev–Trinajstić information content (AvgIpc) is 3.27. The summed E-state index contributed by atoms with van der Waals surface area (Å²) in [5.41, 5.74) is 1.88. The average molecular weight is 664 g/mol. The second kappa shape index (κ2) is 12.6. The molecule has 0 fully saturated rings. The van der Waals surface area contributed by atoms with Crippen LogP contribution in [0.2, 0.25) is 23.2 Å². The number of nitrogens with one attached hydrogen (secondary N) is 2. The predicted octanol–water partition coefficient (Wildman–Crippen LogP) is 7.20. The monoisotopic (exact) mass is 663 g/mol. The number of nitriles is 1. The zero-order chi connectivity index (χ0) is 34.2. The third kappa shape index (κ3) is 7.33. The number of pyridine rings is 1. The number of amides is 2. The number of carbonyl (C=O) groups excluding carboxylic acids is 2. The lowest BCUT2D eigenvalue weighted by Gasteiger charge is -2.39. The lowest BCUT2D eigenvalue weighted by Crippen LogP contribution is -2.46. The minimum atomic E-state index is -2.16. The van der Waals surface area contributed by atoms with Crippen molar-refractivity contribution in [1.29, 1.82) is 5.26 Å². The van der Waals surface area contributed by atoms with E-state index in [2.05, 4.69) is 60.5 Å². The number of anilines is 3. The highest BCUT2D eigenvalue weighted by Crippen LogP contribution is 2.47. The summed E-state index contributed by atoms with van der Waals surface area (Å²) >= 11 is 6.17. The molecule has 2 aromatic heterocycles. The Bertz CT molecular complexity index is 1710. The molecule has 244 valence electrons. The van der Waals surface area contributed by atoms with E-state index in [1.165, 1.54) is 13.2 Å². The number of fused-ring (bicyclic) bond motifs is 1. The lowest BCUT2D eigenvalue weighted by atomic mass is 9.83. The first-order chi connectivity index (χ1) is 21.3. The van der Waals surface area contributed by atoms with Crippen LogP contribution in [0.1, 0.15) is 70.1 Å². The molecule has 0 bridgehead atoms. The maximum atomic E-state index is 13.5. The number of rotatable bonds is 7. The van der Waals surface area contributed by atoms with Gasteiger partial charge in [-0.05, 0) is 68.7 Å². The molecule has 3 heterocycles. The van der Waals surface area contributed by atoms with Crippen LogP contribution in [0.15, 0.2) is 36.7 Å². The van der Waals surface area contributed by atoms with Gasteiger partial charge in [-0.3, -0.25) is 9.69 Å². The van der Waals surface area contributed by atoms with Crippen molar-refractivity contribution in [2.24, 2.45) is 0 Å². The first-order valence-corrected chi connectivity index (χ1v) is 18.3. The number of benzene rings is 1. The van der Waals surface area contributed by atoms with Gasteiger partial charge in [0.15, 0.2) is 14.0 Å². The number of hydrogen-bond donors (Lipinski definition) is 2. The Balaban J connectivity index is 1.81. The Morgan fingerprint density at radius 2 is 1.85 bits per heavy atom. The number of nitrogens with zero attached hydrogens (tertiary/aromatic N) is 5. The van der Waals surface area contributed by atoms with Crippen molar-refractivity contribution in [2.75, 3.05) is 30.4 Å². The lowest BCUT2D eigenvalue weighted by molar-refractivity contribution is 0.0575. The Morgan fingerprint density at radius 3 is 2.46 bits per heavy atom. The summed E-state index contributed by atoms with van der Waals surface area (Å²) in [5, 5.41) is 16.3. The summed E-state index contributed by atoms with van der Waals surface area (Å²) < 4.78 is 12.5. The molecular formula is C33H42ClN7O4Si. The maximum Gasteiger partial charge on any atom is 0.414 e. The first kappa shape index (κ1) is 34.8. The van der Waals surface area contributed by atoms with Gasteiger partial charge in [0.2, 0.25) is 5.95 Å². The number of halogens is 1. The van der Waals surface area contributed by atoms with Crippen molar-refractivity contribution in [3.05, 3.63) is 58.5 Å². The molecule has 0 radical (unpaired) electrons. The van der Waals surface area contributed by atoms with E-state index in [1.807, 2.05) is 33.8 Å². The van der Waals surface area contributed by atoms with Gasteiger partial charge < -0.3 is 19.8 Å². The van der Waals surface area contributed by atoms with Crippen molar-refractivity contribution in [1.82, 2.24) is 20.3 Å². The normalized spacial score (nSPS) is 16.4. The molecule has 4 rings (SSSR count). The molecule has 13 heteroatoms. The highest BCUT2D eigenvalue weighted by atomic mass is 35.5. The van der Waals surface area contributed by atoms with Crippen molar-refractivity contribution < 1.29 is 18.8 Å². The minimum Gasteiger partial charge on any atom is -0.443 e. The van der Waals surface area contributed by atoms with E-state index in [9.17, 15) is 14.9 Å². The Morgan fingerprint density at radius 1 is 1.15 bits per heavy atom. The summed E-state index contributed by atoms with van der Waals surface area (Å²) in [7, 11) is -0.654. The van der Waals surface area contributed by atoms with E-state index >= 15 is 0 Å². The van der Waals surface area contributed by atoms with Gasteiger partial charge in [0.05, 0.1) is 27.7 Å². The fourth-order valence-electron chi connectivity index (χ4n) is 4.82. The maximum absolute atomic E-state index is 13.5. The van der Waals surface area contributed by atoms with Gasteiger partial charge in [-0.1, -0.05) is 39.3 Å². The molecule has 0 spiro atoms. The van der Waals surface area contributed by atoms with E-state index in [0.29, 0.717) is 39.8 Å². The molecule has 1 aromatic carbocycles. The van der Waals surface area contributed by atoms with Crippen molar-refractivity contribution in [3.8, 4) is 17.3 Å². The summed E-state index contributed by atoms with van der Waals surface area (Å²) in [6, 6.07) is 9.26. The van der Waals surface area contributed by atoms with Crippen molar-refractivity contribution in [3.63, 3.8) is 0 Å². The topological polar surface area (TPSA) is 142 Å². The molecular weight excluding hydrogens is 622 g/mol. The molecule has 1 unspecified atom stereocenters. The minimum absolute atomic E-state index is 0.0180. The van der Waals surface area contributed by atoms with Crippen LogP contribution in [0.25, 0.3) is 11.3 Å². The van der Waals surface area contributed by atoms with Crippen LogP contribution in [-0.2, 0) is 14.6 Å². The van der Waals surface area contributed by atoms with Gasteiger partial charge in [0.1, 0.15) is 11.7 Å². The zero-order valence-electron chi connectivity index (χ0n) is 28.1. The highest BCUT2D eigenvalue weighted by Gasteiger charge is 2.47. The highest BCUT2D eigenvalue weighted by molar-refractivity contribution is 6.74. The summed E-state index contributed by atoms with van der Waals surface area (Å²) in [6.07, 6.45) is 2.44. The molecule has 0 saturated heterocycles. The number of carbonyl (C=O) groups is 2. The first-order valence-electron chi connectivity index (χ1n) is 15.0. The third-order valence-electron chi connectivity index (χ3n) is 8.32. The van der Waals surface area contributed by atoms with Crippen LogP contribution in [-0.4, -0.2) is 61.1 Å². The van der Waals surface area contributed by atoms with Gasteiger partial charge in [-0.2, -0.15) is 5.26 Å². The number of hydrogen-bond acceptors (Lipinski definition) is 9. The van der Waals surface area contributed by atoms with Crippen LogP contribution < -0.4 is 15.5 Å². The largest absolute Gasteiger partial charge is 0.443 e. The predicted molar refractivity (Wildman–Crippen MR) is 182 cm³/mol. The van der Waals surface area contributed by atoms with Crippen LogP contribution in [0.5, 0.6) is 0 Å². The van der Waals surface area contributed by atoms with E-state index in [-0.39, 0.29) is 23.2 Å². The van der Waals surface area contributed by atoms with Crippen LogP contribution >= 0.6 is 11.6 Å². The standard InChI is InChI=1S/C33H42ClN7O4Si/c1-31(2,3)45-30(43)41-18-33(7,19-44-46(9,10)32(4,5)6)23-14-20(13-21(16-35)27(23)41)24-11-12-37-29(39-24)40-25-15-22(34)17-38-26(25)28(42)36-8/h11-15,17H,18-19H2,1-10H3,(H,36,42)(H,37,39,40). The number of ether oxygens (including phenoxy) is 1. The molecule has 0 saturated carbocycles. The third-order valence-corrected chi connectivity index (χ3v) is 13.0. The Labute approximate surface area is 276 Å². The molecule has 0 aliphatic carbocycles. The summed E-state index contributed by atoms with van der Waals surface area (Å²) in [6.45, 7) is 19.0. The Hall–Kier alpha value is -4.05. The molecule has 1 atom stereocenters. The van der Waals surface area contributed by atoms with Gasteiger partial charge in [-0.15, -0.1) is 0 Å². The quantitative estimate of drug-likeness (QED) is 0.251. The molecule has 3 aromatic rings. The second-order valence-corrected chi connectivity index (χ2v) is 19.5. The SMILES string of the molecule is CNC(=O)c1ncc(Cl)cc1Nc1nccc(-c2cc(C#N)c3c(c2)C(C)(CO[Si](C)(C)C(C)(C)C)CN3C(=O)OC(C)(C)C)n1. The fraction of sp³-hybridized carbons (Fsp3) is 0.455. The van der Waals surface area contributed by atoms with E-state index in [0.717, 1.165) is 5.56 Å². The Kier molecular flexibility index (Phi) is 9.55. The van der Waals surface area contributed by atoms with Crippen molar-refractivity contribution in [2.45, 2.75) is 77.6 Å². The molecule has 46 heavy (non-hydrogen) atoms. The van der Waals surface area contributed by atoms with Crippen LogP contribution in [0.3, 0.4) is 0 Å². The van der Waals surface area contributed by atoms with Gasteiger partial charge >= 0.3 is 6.09 Å². The van der Waals surface area contributed by atoms with E-state index in [4.69, 9.17) is 25.7 Å². The van der Waals surface area contributed by atoms with Gasteiger partial charge in [0.25, 0.3) is 5.91 Å². The molecule has 1 aliphatic rings.